The summed E-state index contributed by atoms with van der Waals surface area (Å²) in [5.41, 5.74) is 2.07. The van der Waals surface area contributed by atoms with E-state index in [1.54, 1.807) is 0 Å². The first-order valence-corrected chi connectivity index (χ1v) is 15.2. The van der Waals surface area contributed by atoms with E-state index in [-0.39, 0.29) is 23.1 Å². The molecule has 4 rings (SSSR count). The summed E-state index contributed by atoms with van der Waals surface area (Å²) in [4.78, 5) is 21.6. The molecule has 9 heteroatoms. The number of pyridine rings is 2. The second-order valence-corrected chi connectivity index (χ2v) is 15.6. The Morgan fingerprint density at radius 3 is 2.39 bits per heavy atom. The van der Waals surface area contributed by atoms with Gasteiger partial charge in [-0.15, -0.1) is 0 Å². The number of aromatic nitrogens is 2. The number of carbonyl (C=O) groups is 1. The highest BCUT2D eigenvalue weighted by atomic mass is 35.5. The number of fused-ring (bicyclic) bond motifs is 1. The molecule has 0 amide bonds. The molecule has 0 aliphatic heterocycles. The third-order valence-corrected chi connectivity index (χ3v) is 11.6. The molecule has 0 spiro atoms. The fraction of sp³-hybridized carbons (Fsp3) is 0.296. The molecule has 36 heavy (non-hydrogen) atoms. The van der Waals surface area contributed by atoms with Gasteiger partial charge in [-0.2, -0.15) is 0 Å². The van der Waals surface area contributed by atoms with Gasteiger partial charge in [-0.3, -0.25) is 9.78 Å². The van der Waals surface area contributed by atoms with Gasteiger partial charge in [0.05, 0.1) is 22.7 Å². The lowest BCUT2D eigenvalue weighted by atomic mass is 10.0. The van der Waals surface area contributed by atoms with Gasteiger partial charge in [0.25, 0.3) is 14.2 Å². The molecule has 3 aromatic heterocycles. The Kier molecular flexibility index (Phi) is 7.19. The van der Waals surface area contributed by atoms with Crippen LogP contribution in [0.3, 0.4) is 0 Å². The van der Waals surface area contributed by atoms with E-state index in [4.69, 9.17) is 36.8 Å². The van der Waals surface area contributed by atoms with Gasteiger partial charge < -0.3 is 13.6 Å². The summed E-state index contributed by atoms with van der Waals surface area (Å²) in [6, 6.07) is 9.58. The van der Waals surface area contributed by atoms with Crippen LogP contribution in [0.2, 0.25) is 28.2 Å². The van der Waals surface area contributed by atoms with Crippen molar-refractivity contribution in [3.05, 3.63) is 70.1 Å². The Morgan fingerprint density at radius 1 is 1.08 bits per heavy atom. The summed E-state index contributed by atoms with van der Waals surface area (Å²) in [6.45, 7) is 11.0. The van der Waals surface area contributed by atoms with Crippen molar-refractivity contribution in [2.75, 3.05) is 7.11 Å². The number of rotatable bonds is 7. The van der Waals surface area contributed by atoms with Crippen molar-refractivity contribution in [2.45, 2.75) is 45.3 Å². The summed E-state index contributed by atoms with van der Waals surface area (Å²) in [5.74, 6) is 1.37. The van der Waals surface area contributed by atoms with Crippen LogP contribution in [0, 0.1) is 0 Å². The number of halogens is 2. The Morgan fingerprint density at radius 2 is 1.75 bits per heavy atom. The van der Waals surface area contributed by atoms with Crippen molar-refractivity contribution in [3.63, 3.8) is 0 Å². The summed E-state index contributed by atoms with van der Waals surface area (Å²) in [6.07, 6.45) is 4.42. The molecule has 6 nitrogen and oxygen atoms in total. The van der Waals surface area contributed by atoms with Gasteiger partial charge in [0.1, 0.15) is 11.5 Å². The van der Waals surface area contributed by atoms with Crippen LogP contribution in [0.4, 0.5) is 0 Å². The fourth-order valence-corrected chi connectivity index (χ4v) is 5.08. The Balaban J connectivity index is 1.80. The zero-order valence-corrected chi connectivity index (χ0v) is 23.6. The summed E-state index contributed by atoms with van der Waals surface area (Å²) < 4.78 is 18.3. The third kappa shape index (κ3) is 5.01. The molecule has 0 bridgehead atoms. The zero-order valence-electron chi connectivity index (χ0n) is 21.1. The molecule has 0 N–H and O–H groups in total. The quantitative estimate of drug-likeness (QED) is 0.174. The largest absolute Gasteiger partial charge is 0.543 e. The van der Waals surface area contributed by atoms with E-state index in [0.29, 0.717) is 37.9 Å². The number of hydrogen-bond acceptors (Lipinski definition) is 6. The minimum absolute atomic E-state index is 0.00508. The monoisotopic (exact) mass is 542 g/mol. The molecule has 188 valence electrons. The van der Waals surface area contributed by atoms with E-state index in [1.807, 2.05) is 30.3 Å². The second-order valence-electron chi connectivity index (χ2n) is 10.1. The summed E-state index contributed by atoms with van der Waals surface area (Å²) >= 11 is 12.5. The maximum Gasteiger partial charge on any atom is 0.258 e. The maximum atomic E-state index is 13.4. The van der Waals surface area contributed by atoms with Crippen LogP contribution in [0.25, 0.3) is 22.3 Å². The minimum Gasteiger partial charge on any atom is -0.543 e. The van der Waals surface area contributed by atoms with Gasteiger partial charge >= 0.3 is 0 Å². The molecule has 0 radical (unpaired) electrons. The highest BCUT2D eigenvalue weighted by Crippen LogP contribution is 2.42. The molecule has 0 aliphatic carbocycles. The minimum atomic E-state index is -2.11. The van der Waals surface area contributed by atoms with Gasteiger partial charge in [-0.1, -0.05) is 56.1 Å². The van der Waals surface area contributed by atoms with Crippen molar-refractivity contribution < 1.29 is 18.4 Å². The number of para-hydroxylation sites is 1. The predicted octanol–water partition coefficient (Wildman–Crippen LogP) is 8.01. The first-order valence-electron chi connectivity index (χ1n) is 11.5. The first kappa shape index (κ1) is 26.2. The standard InChI is InChI=1S/C27H28Cl2N2O4Si/c1-27(2,3)36(5,6)35-23-10-8-7-9-16(23)24-12-17-19(13-31-26(33-4)25(17)34-24)22(32)11-18-20(28)14-30-15-21(18)29/h7-10,12-15H,11H2,1-6H3. The lowest BCUT2D eigenvalue weighted by Gasteiger charge is -2.36. The number of methoxy groups -OCH3 is 1. The van der Waals surface area contributed by atoms with E-state index < -0.39 is 8.32 Å². The average molecular weight is 544 g/mol. The van der Waals surface area contributed by atoms with Gasteiger partial charge in [-0.25, -0.2) is 4.98 Å². The van der Waals surface area contributed by atoms with E-state index in [2.05, 4.69) is 43.8 Å². The Hall–Kier alpha value is -2.87. The van der Waals surface area contributed by atoms with Crippen LogP contribution in [0.1, 0.15) is 36.7 Å². The number of ether oxygens (including phenoxy) is 1. The molecular weight excluding hydrogens is 515 g/mol. The molecule has 0 saturated carbocycles. The van der Waals surface area contributed by atoms with Crippen LogP contribution in [-0.2, 0) is 6.42 Å². The van der Waals surface area contributed by atoms with Crippen molar-refractivity contribution in [2.24, 2.45) is 0 Å². The molecule has 0 unspecified atom stereocenters. The number of ketones is 1. The topological polar surface area (TPSA) is 74.5 Å². The third-order valence-electron chi connectivity index (χ3n) is 6.63. The Labute approximate surface area is 221 Å². The van der Waals surface area contributed by atoms with Crippen molar-refractivity contribution in [1.82, 2.24) is 9.97 Å². The van der Waals surface area contributed by atoms with E-state index in [1.165, 1.54) is 25.7 Å². The maximum absolute atomic E-state index is 13.4. The Bertz CT molecular complexity index is 1420. The predicted molar refractivity (Wildman–Crippen MR) is 146 cm³/mol. The molecule has 0 fully saturated rings. The smallest absolute Gasteiger partial charge is 0.258 e. The highest BCUT2D eigenvalue weighted by Gasteiger charge is 2.39. The zero-order chi connectivity index (χ0) is 26.3. The lowest BCUT2D eigenvalue weighted by molar-refractivity contribution is 0.0994. The number of furan rings is 1. The number of nitrogens with zero attached hydrogens (tertiary/aromatic N) is 2. The van der Waals surface area contributed by atoms with Crippen LogP contribution >= 0.6 is 23.2 Å². The lowest BCUT2D eigenvalue weighted by Crippen LogP contribution is -2.43. The normalized spacial score (nSPS) is 12.1. The summed E-state index contributed by atoms with van der Waals surface area (Å²) in [5, 5.41) is 1.28. The van der Waals surface area contributed by atoms with Crippen molar-refractivity contribution in [1.29, 1.82) is 0 Å². The van der Waals surface area contributed by atoms with Crippen LogP contribution in [0.15, 0.2) is 53.3 Å². The molecule has 3 heterocycles. The van der Waals surface area contributed by atoms with Crippen LogP contribution in [-0.4, -0.2) is 31.2 Å². The molecular formula is C27H28Cl2N2O4Si. The van der Waals surface area contributed by atoms with Gasteiger partial charge in [0.2, 0.25) is 0 Å². The summed E-state index contributed by atoms with van der Waals surface area (Å²) in [7, 11) is -0.602. The van der Waals surface area contributed by atoms with Crippen molar-refractivity contribution >= 4 is 48.3 Å². The van der Waals surface area contributed by atoms with Crippen LogP contribution in [0.5, 0.6) is 11.6 Å². The van der Waals surface area contributed by atoms with Crippen LogP contribution < -0.4 is 9.16 Å². The second kappa shape index (κ2) is 9.88. The average Bonchev–Trinajstić information content (AvgIpc) is 3.25. The number of carbonyl (C=O) groups excluding carboxylic acids is 1. The first-order chi connectivity index (χ1) is 16.9. The highest BCUT2D eigenvalue weighted by molar-refractivity contribution is 6.74. The number of hydrogen-bond donors (Lipinski definition) is 0. The molecule has 1 aromatic carbocycles. The molecule has 4 aromatic rings. The van der Waals surface area contributed by atoms with E-state index in [0.717, 1.165) is 11.3 Å². The van der Waals surface area contributed by atoms with E-state index >= 15 is 0 Å². The van der Waals surface area contributed by atoms with Gasteiger partial charge in [0.15, 0.2) is 11.4 Å². The number of benzene rings is 1. The van der Waals surface area contributed by atoms with Gasteiger partial charge in [0, 0.05) is 41.5 Å². The SMILES string of the molecule is COc1ncc(C(=O)Cc2c(Cl)cncc2Cl)c2cc(-c3ccccc3O[Si](C)(C)C(C)(C)C)oc12. The number of Topliss-reactive ketones (excluding diaryl/α,β-unsaturated/α-hetero) is 1. The van der Waals surface area contributed by atoms with Crippen molar-refractivity contribution in [3.8, 4) is 23.0 Å². The molecule has 0 saturated heterocycles. The fourth-order valence-electron chi connectivity index (χ4n) is 3.55. The van der Waals surface area contributed by atoms with E-state index in [9.17, 15) is 4.79 Å². The molecule has 0 atom stereocenters. The molecule has 0 aliphatic rings. The van der Waals surface area contributed by atoms with Gasteiger partial charge in [-0.05, 0) is 36.3 Å².